The molecule has 2 aromatic rings. The third kappa shape index (κ3) is 3.96. The van der Waals surface area contributed by atoms with Gasteiger partial charge in [-0.1, -0.05) is 30.5 Å². The van der Waals surface area contributed by atoms with Crippen LogP contribution in [-0.4, -0.2) is 34.2 Å². The lowest BCUT2D eigenvalue weighted by Crippen LogP contribution is -2.34. The van der Waals surface area contributed by atoms with Crippen LogP contribution in [-0.2, 0) is 14.4 Å². The lowest BCUT2D eigenvalue weighted by atomic mass is 9.81. The number of carbonyl (C=O) groups is 3. The van der Waals surface area contributed by atoms with Crippen molar-refractivity contribution in [3.63, 3.8) is 0 Å². The van der Waals surface area contributed by atoms with E-state index in [4.69, 9.17) is 0 Å². The molecule has 1 aromatic heterocycles. The lowest BCUT2D eigenvalue weighted by molar-refractivity contribution is -0.140. The van der Waals surface area contributed by atoms with E-state index in [1.807, 2.05) is 19.2 Å². The second-order valence-corrected chi connectivity index (χ2v) is 8.84. The van der Waals surface area contributed by atoms with Crippen molar-refractivity contribution < 1.29 is 14.4 Å². The first-order valence-corrected chi connectivity index (χ1v) is 11.0. The molecular formula is C22H25N3O3S. The van der Waals surface area contributed by atoms with Crippen LogP contribution in [0.2, 0.25) is 0 Å². The van der Waals surface area contributed by atoms with Gasteiger partial charge in [-0.05, 0) is 38.3 Å². The molecule has 0 radical (unpaired) electrons. The fourth-order valence-electron chi connectivity index (χ4n) is 4.31. The molecule has 1 aromatic carbocycles. The molecule has 2 heterocycles. The van der Waals surface area contributed by atoms with Crippen LogP contribution in [0.5, 0.6) is 0 Å². The SMILES string of the molecule is Cc1ccc(C)c(-c2csc(NC(=O)CCN3C(=O)[C@H]4CCCC[C@@H]4C3=O)n2)c1. The Morgan fingerprint density at radius 3 is 2.55 bits per heavy atom. The number of carbonyl (C=O) groups excluding carboxylic acids is 3. The van der Waals surface area contributed by atoms with Gasteiger partial charge in [0.05, 0.1) is 17.5 Å². The van der Waals surface area contributed by atoms with Gasteiger partial charge in [0.1, 0.15) is 0 Å². The number of nitrogens with zero attached hydrogens (tertiary/aromatic N) is 2. The van der Waals surface area contributed by atoms with Crippen LogP contribution >= 0.6 is 11.3 Å². The van der Waals surface area contributed by atoms with Crippen molar-refractivity contribution in [3.05, 3.63) is 34.7 Å². The van der Waals surface area contributed by atoms with Crippen molar-refractivity contribution in [2.24, 2.45) is 11.8 Å². The number of nitrogens with one attached hydrogen (secondary N) is 1. The van der Waals surface area contributed by atoms with Crippen LogP contribution in [0, 0.1) is 25.7 Å². The first-order chi connectivity index (χ1) is 13.9. The Bertz CT molecular complexity index is 944. The normalized spacial score (nSPS) is 21.4. The van der Waals surface area contributed by atoms with E-state index in [2.05, 4.69) is 28.5 Å². The number of benzene rings is 1. The lowest BCUT2D eigenvalue weighted by Gasteiger charge is -2.19. The molecule has 7 heteroatoms. The van der Waals surface area contributed by atoms with Crippen LogP contribution in [0.15, 0.2) is 23.6 Å². The second kappa shape index (κ2) is 8.06. The first-order valence-electron chi connectivity index (χ1n) is 10.1. The minimum absolute atomic E-state index is 0.0926. The minimum Gasteiger partial charge on any atom is -0.302 e. The van der Waals surface area contributed by atoms with Gasteiger partial charge in [0.15, 0.2) is 5.13 Å². The summed E-state index contributed by atoms with van der Waals surface area (Å²) in [7, 11) is 0. The summed E-state index contributed by atoms with van der Waals surface area (Å²) < 4.78 is 0. The molecule has 0 bridgehead atoms. The highest BCUT2D eigenvalue weighted by atomic mass is 32.1. The van der Waals surface area contributed by atoms with Gasteiger partial charge in [-0.25, -0.2) is 4.98 Å². The summed E-state index contributed by atoms with van der Waals surface area (Å²) >= 11 is 1.37. The molecule has 29 heavy (non-hydrogen) atoms. The summed E-state index contributed by atoms with van der Waals surface area (Å²) in [5.74, 6) is -0.767. The number of fused-ring (bicyclic) bond motifs is 1. The molecule has 6 nitrogen and oxygen atoms in total. The molecule has 1 saturated heterocycles. The number of aromatic nitrogens is 1. The number of aryl methyl sites for hydroxylation is 2. The zero-order chi connectivity index (χ0) is 20.5. The Labute approximate surface area is 174 Å². The molecule has 1 aliphatic carbocycles. The Balaban J connectivity index is 1.36. The summed E-state index contributed by atoms with van der Waals surface area (Å²) in [6, 6.07) is 6.20. The molecule has 4 rings (SSSR count). The number of anilines is 1. The maximum absolute atomic E-state index is 12.5. The molecule has 2 aliphatic rings. The van der Waals surface area contributed by atoms with Crippen molar-refractivity contribution in [1.82, 2.24) is 9.88 Å². The Kier molecular flexibility index (Phi) is 5.50. The molecule has 1 saturated carbocycles. The summed E-state index contributed by atoms with van der Waals surface area (Å²) in [5, 5.41) is 5.25. The highest BCUT2D eigenvalue weighted by Gasteiger charge is 2.47. The predicted molar refractivity (Wildman–Crippen MR) is 112 cm³/mol. The molecule has 1 aliphatic heterocycles. The van der Waals surface area contributed by atoms with Crippen LogP contribution < -0.4 is 5.32 Å². The number of hydrogen-bond acceptors (Lipinski definition) is 5. The smallest absolute Gasteiger partial charge is 0.233 e. The fourth-order valence-corrected chi connectivity index (χ4v) is 5.04. The predicted octanol–water partition coefficient (Wildman–Crippen LogP) is 3.93. The van der Waals surface area contributed by atoms with Gasteiger partial charge in [-0.15, -0.1) is 11.3 Å². The molecule has 2 atom stereocenters. The van der Waals surface area contributed by atoms with Gasteiger partial charge in [-0.3, -0.25) is 19.3 Å². The first kappa shape index (κ1) is 19.8. The molecule has 1 N–H and O–H groups in total. The van der Waals surface area contributed by atoms with Crippen molar-refractivity contribution in [2.45, 2.75) is 46.0 Å². The molecule has 3 amide bonds. The van der Waals surface area contributed by atoms with E-state index in [9.17, 15) is 14.4 Å². The van der Waals surface area contributed by atoms with Crippen LogP contribution in [0.3, 0.4) is 0 Å². The molecule has 152 valence electrons. The fraction of sp³-hybridized carbons (Fsp3) is 0.455. The van der Waals surface area contributed by atoms with Crippen molar-refractivity contribution in [2.75, 3.05) is 11.9 Å². The molecular weight excluding hydrogens is 386 g/mol. The molecule has 2 fully saturated rings. The average molecular weight is 412 g/mol. The van der Waals surface area contributed by atoms with Gasteiger partial charge in [-0.2, -0.15) is 0 Å². The third-order valence-electron chi connectivity index (χ3n) is 5.91. The van der Waals surface area contributed by atoms with E-state index >= 15 is 0 Å². The van der Waals surface area contributed by atoms with Gasteiger partial charge >= 0.3 is 0 Å². The van der Waals surface area contributed by atoms with E-state index < -0.39 is 0 Å². The number of likely N-dealkylation sites (tertiary alicyclic amines) is 1. The zero-order valence-electron chi connectivity index (χ0n) is 16.7. The summed E-state index contributed by atoms with van der Waals surface area (Å²) in [5.41, 5.74) is 4.18. The van der Waals surface area contributed by atoms with Crippen LogP contribution in [0.1, 0.15) is 43.2 Å². The Morgan fingerprint density at radius 1 is 1.17 bits per heavy atom. The number of thiazole rings is 1. The average Bonchev–Trinajstić information content (AvgIpc) is 3.26. The molecule has 0 unspecified atom stereocenters. The molecule has 0 spiro atoms. The number of rotatable bonds is 5. The van der Waals surface area contributed by atoms with Gasteiger partial charge in [0.25, 0.3) is 0 Å². The third-order valence-corrected chi connectivity index (χ3v) is 6.67. The van der Waals surface area contributed by atoms with E-state index in [1.54, 1.807) is 0 Å². The largest absolute Gasteiger partial charge is 0.302 e. The van der Waals surface area contributed by atoms with Crippen molar-refractivity contribution in [1.29, 1.82) is 0 Å². The highest BCUT2D eigenvalue weighted by Crippen LogP contribution is 2.38. The maximum atomic E-state index is 12.5. The van der Waals surface area contributed by atoms with Crippen LogP contribution in [0.4, 0.5) is 5.13 Å². The van der Waals surface area contributed by atoms with E-state index in [1.165, 1.54) is 16.2 Å². The maximum Gasteiger partial charge on any atom is 0.233 e. The number of hydrogen-bond donors (Lipinski definition) is 1. The Hall–Kier alpha value is -2.54. The monoisotopic (exact) mass is 411 g/mol. The van der Waals surface area contributed by atoms with E-state index in [0.29, 0.717) is 5.13 Å². The number of amides is 3. The zero-order valence-corrected chi connectivity index (χ0v) is 17.6. The van der Waals surface area contributed by atoms with Crippen LogP contribution in [0.25, 0.3) is 11.3 Å². The highest BCUT2D eigenvalue weighted by molar-refractivity contribution is 7.14. The summed E-state index contributed by atoms with van der Waals surface area (Å²) in [6.07, 6.45) is 3.67. The van der Waals surface area contributed by atoms with Gasteiger partial charge in [0, 0.05) is 23.9 Å². The van der Waals surface area contributed by atoms with E-state index in [0.717, 1.165) is 48.1 Å². The van der Waals surface area contributed by atoms with Crippen molar-refractivity contribution >= 4 is 34.2 Å². The van der Waals surface area contributed by atoms with Gasteiger partial charge < -0.3 is 5.32 Å². The second-order valence-electron chi connectivity index (χ2n) is 7.98. The standard InChI is InChI=1S/C22H25N3O3S/c1-13-7-8-14(2)17(11-13)18-12-29-22(23-18)24-19(26)9-10-25-20(27)15-5-3-4-6-16(15)21(25)28/h7-8,11-12,15-16H,3-6,9-10H2,1-2H3,(H,23,24,26)/t15-,16-/m0/s1. The Morgan fingerprint density at radius 2 is 1.86 bits per heavy atom. The summed E-state index contributed by atoms with van der Waals surface area (Å²) in [6.45, 7) is 4.22. The van der Waals surface area contributed by atoms with Crippen molar-refractivity contribution in [3.8, 4) is 11.3 Å². The quantitative estimate of drug-likeness (QED) is 0.756. The topological polar surface area (TPSA) is 79.4 Å². The number of imide groups is 1. The van der Waals surface area contributed by atoms with E-state index in [-0.39, 0.29) is 42.5 Å². The minimum atomic E-state index is -0.234. The summed E-state index contributed by atoms with van der Waals surface area (Å²) in [4.78, 5) is 43.2. The van der Waals surface area contributed by atoms with Gasteiger partial charge in [0.2, 0.25) is 17.7 Å².